The van der Waals surface area contributed by atoms with Crippen molar-refractivity contribution in [2.24, 2.45) is 0 Å². The molecule has 0 bridgehead atoms. The second-order valence-electron chi connectivity index (χ2n) is 4.13. The highest BCUT2D eigenvalue weighted by Gasteiger charge is 2.24. The van der Waals surface area contributed by atoms with Crippen LogP contribution in [0.2, 0.25) is 0 Å². The summed E-state index contributed by atoms with van der Waals surface area (Å²) in [5, 5.41) is 0. The quantitative estimate of drug-likeness (QED) is 0.621. The first-order valence-corrected chi connectivity index (χ1v) is 6.00. The minimum absolute atomic E-state index is 0.220. The molecule has 2 rings (SSSR count). The van der Waals surface area contributed by atoms with E-state index < -0.39 is 12.1 Å². The second-order valence-corrected chi connectivity index (χ2v) is 4.13. The van der Waals surface area contributed by atoms with Gasteiger partial charge in [0.2, 0.25) is 5.78 Å². The third kappa shape index (κ3) is 3.28. The normalized spacial score (nSPS) is 11.6. The van der Waals surface area contributed by atoms with Crippen molar-refractivity contribution in [3.8, 4) is 0 Å². The fraction of sp³-hybridized carbons (Fsp3) is 0.125. The van der Waals surface area contributed by atoms with E-state index in [9.17, 15) is 9.59 Å². The molecule has 0 spiro atoms. The number of Topliss-reactive ketones (excluding diaryl/α,β-unsaturated/α-hetero) is 1. The summed E-state index contributed by atoms with van der Waals surface area (Å²) in [5.41, 5.74) is 1.20. The first-order chi connectivity index (χ1) is 9.18. The minimum atomic E-state index is -0.888. The third-order valence-corrected chi connectivity index (χ3v) is 2.68. The van der Waals surface area contributed by atoms with Crippen molar-refractivity contribution in [1.29, 1.82) is 0 Å². The third-order valence-electron chi connectivity index (χ3n) is 2.68. The molecule has 2 aromatic rings. The summed E-state index contributed by atoms with van der Waals surface area (Å²) in [7, 11) is 0. The molecule has 1 atom stereocenters. The molecule has 0 saturated carbocycles. The van der Waals surface area contributed by atoms with E-state index in [1.54, 1.807) is 36.4 Å². The van der Waals surface area contributed by atoms with Crippen molar-refractivity contribution in [3.05, 3.63) is 71.8 Å². The first kappa shape index (κ1) is 13.0. The number of rotatable bonds is 4. The molecule has 0 heterocycles. The Morgan fingerprint density at radius 1 is 0.895 bits per heavy atom. The summed E-state index contributed by atoms with van der Waals surface area (Å²) < 4.78 is 5.16. The van der Waals surface area contributed by atoms with Crippen LogP contribution in [0, 0.1) is 0 Å². The maximum absolute atomic E-state index is 12.4. The van der Waals surface area contributed by atoms with Crippen LogP contribution < -0.4 is 0 Å². The number of carbonyl (C=O) groups excluding carboxylic acids is 2. The van der Waals surface area contributed by atoms with Crippen molar-refractivity contribution in [3.63, 3.8) is 0 Å². The Balaban J connectivity index is 2.33. The van der Waals surface area contributed by atoms with Gasteiger partial charge < -0.3 is 4.74 Å². The zero-order valence-corrected chi connectivity index (χ0v) is 10.6. The van der Waals surface area contributed by atoms with Gasteiger partial charge in [-0.25, -0.2) is 0 Å². The highest BCUT2D eigenvalue weighted by Crippen LogP contribution is 2.22. The van der Waals surface area contributed by atoms with E-state index in [4.69, 9.17) is 4.74 Å². The maximum atomic E-state index is 12.4. The number of esters is 1. The highest BCUT2D eigenvalue weighted by molar-refractivity contribution is 6.00. The Morgan fingerprint density at radius 2 is 1.42 bits per heavy atom. The molecular weight excluding hydrogens is 240 g/mol. The predicted octanol–water partition coefficient (Wildman–Crippen LogP) is 3.17. The molecule has 0 aromatic heterocycles. The number of benzene rings is 2. The topological polar surface area (TPSA) is 43.4 Å². The van der Waals surface area contributed by atoms with Gasteiger partial charge in [0.05, 0.1) is 0 Å². The zero-order chi connectivity index (χ0) is 13.7. The molecule has 0 N–H and O–H groups in total. The standard InChI is InChI=1S/C16H14O3/c1-12(17)19-16(14-10-6-3-7-11-14)15(18)13-8-4-2-5-9-13/h2-11,16H,1H3/t16-/m1/s1. The van der Waals surface area contributed by atoms with Gasteiger partial charge in [0.1, 0.15) is 0 Å². The van der Waals surface area contributed by atoms with E-state index in [1.807, 2.05) is 24.3 Å². The number of hydrogen-bond donors (Lipinski definition) is 0. The van der Waals surface area contributed by atoms with Crippen molar-refractivity contribution < 1.29 is 14.3 Å². The van der Waals surface area contributed by atoms with Crippen LogP contribution in [-0.2, 0) is 9.53 Å². The number of carbonyl (C=O) groups is 2. The lowest BCUT2D eigenvalue weighted by atomic mass is 10.00. The summed E-state index contributed by atoms with van der Waals surface area (Å²) in [6, 6.07) is 17.8. The molecule has 3 nitrogen and oxygen atoms in total. The van der Waals surface area contributed by atoms with Crippen LogP contribution in [0.4, 0.5) is 0 Å². The van der Waals surface area contributed by atoms with Crippen molar-refractivity contribution in [2.75, 3.05) is 0 Å². The van der Waals surface area contributed by atoms with Crippen LogP contribution in [0.25, 0.3) is 0 Å². The molecule has 0 aliphatic heterocycles. The van der Waals surface area contributed by atoms with Gasteiger partial charge in [-0.2, -0.15) is 0 Å². The number of hydrogen-bond acceptors (Lipinski definition) is 3. The minimum Gasteiger partial charge on any atom is -0.449 e. The first-order valence-electron chi connectivity index (χ1n) is 6.00. The molecule has 0 amide bonds. The lowest BCUT2D eigenvalue weighted by Gasteiger charge is -2.16. The average molecular weight is 254 g/mol. The molecule has 0 radical (unpaired) electrons. The van der Waals surface area contributed by atoms with Crippen LogP contribution in [0.5, 0.6) is 0 Å². The van der Waals surface area contributed by atoms with Crippen molar-refractivity contribution in [2.45, 2.75) is 13.0 Å². The monoisotopic (exact) mass is 254 g/mol. The zero-order valence-electron chi connectivity index (χ0n) is 10.6. The molecule has 3 heteroatoms. The smallest absolute Gasteiger partial charge is 0.303 e. The Morgan fingerprint density at radius 3 is 1.95 bits per heavy atom. The SMILES string of the molecule is CC(=O)O[C@@H](C(=O)c1ccccc1)c1ccccc1. The predicted molar refractivity (Wildman–Crippen MR) is 71.7 cm³/mol. The van der Waals surface area contributed by atoms with Gasteiger partial charge >= 0.3 is 5.97 Å². The molecular formula is C16H14O3. The van der Waals surface area contributed by atoms with E-state index in [0.717, 1.165) is 0 Å². The molecule has 19 heavy (non-hydrogen) atoms. The number of ketones is 1. The highest BCUT2D eigenvalue weighted by atomic mass is 16.5. The fourth-order valence-electron chi connectivity index (χ4n) is 1.82. The Kier molecular flexibility index (Phi) is 4.08. The molecule has 0 aliphatic carbocycles. The van der Waals surface area contributed by atoms with E-state index in [1.165, 1.54) is 6.92 Å². The molecule has 96 valence electrons. The van der Waals surface area contributed by atoms with E-state index >= 15 is 0 Å². The van der Waals surface area contributed by atoms with Crippen molar-refractivity contribution >= 4 is 11.8 Å². The summed E-state index contributed by atoms with van der Waals surface area (Å²) in [5.74, 6) is -0.694. The Hall–Kier alpha value is -2.42. The molecule has 0 unspecified atom stereocenters. The van der Waals surface area contributed by atoms with E-state index in [-0.39, 0.29) is 5.78 Å². The van der Waals surface area contributed by atoms with Crippen LogP contribution in [0.1, 0.15) is 28.9 Å². The summed E-state index contributed by atoms with van der Waals surface area (Å²) in [6.45, 7) is 1.30. The largest absolute Gasteiger partial charge is 0.449 e. The molecule has 0 fully saturated rings. The van der Waals surface area contributed by atoms with E-state index in [2.05, 4.69) is 0 Å². The van der Waals surface area contributed by atoms with Gasteiger partial charge in [-0.3, -0.25) is 9.59 Å². The van der Waals surface area contributed by atoms with Gasteiger partial charge in [0.25, 0.3) is 0 Å². The summed E-state index contributed by atoms with van der Waals surface area (Å²) in [4.78, 5) is 23.6. The van der Waals surface area contributed by atoms with Gasteiger partial charge in [0.15, 0.2) is 6.10 Å². The van der Waals surface area contributed by atoms with Gasteiger partial charge in [-0.15, -0.1) is 0 Å². The van der Waals surface area contributed by atoms with Crippen molar-refractivity contribution in [1.82, 2.24) is 0 Å². The second kappa shape index (κ2) is 5.96. The molecule has 2 aromatic carbocycles. The maximum Gasteiger partial charge on any atom is 0.303 e. The van der Waals surface area contributed by atoms with E-state index in [0.29, 0.717) is 11.1 Å². The number of ether oxygens (including phenoxy) is 1. The Labute approximate surface area is 111 Å². The van der Waals surface area contributed by atoms with Gasteiger partial charge in [0, 0.05) is 18.1 Å². The van der Waals surface area contributed by atoms with Gasteiger partial charge in [-0.1, -0.05) is 60.7 Å². The summed E-state index contributed by atoms with van der Waals surface area (Å²) >= 11 is 0. The van der Waals surface area contributed by atoms with Crippen LogP contribution in [0.3, 0.4) is 0 Å². The van der Waals surface area contributed by atoms with Crippen LogP contribution in [-0.4, -0.2) is 11.8 Å². The van der Waals surface area contributed by atoms with Crippen LogP contribution >= 0.6 is 0 Å². The molecule has 0 aliphatic rings. The lowest BCUT2D eigenvalue weighted by Crippen LogP contribution is -2.18. The lowest BCUT2D eigenvalue weighted by molar-refractivity contribution is -0.144. The average Bonchev–Trinajstić information content (AvgIpc) is 2.46. The Bertz CT molecular complexity index is 561. The fourth-order valence-corrected chi connectivity index (χ4v) is 1.82. The van der Waals surface area contributed by atoms with Gasteiger partial charge in [-0.05, 0) is 0 Å². The molecule has 0 saturated heterocycles. The van der Waals surface area contributed by atoms with Crippen LogP contribution in [0.15, 0.2) is 60.7 Å². The summed E-state index contributed by atoms with van der Waals surface area (Å²) in [6.07, 6.45) is -0.888.